The van der Waals surface area contributed by atoms with Gasteiger partial charge in [-0.05, 0) is 95.8 Å². The number of rotatable bonds is 10. The van der Waals surface area contributed by atoms with E-state index in [9.17, 15) is 14.9 Å². The Labute approximate surface area is 249 Å². The van der Waals surface area contributed by atoms with Crippen LogP contribution in [-0.2, 0) is 9.47 Å². The molecule has 42 heavy (non-hydrogen) atoms. The Hall–Kier alpha value is -3.55. The van der Waals surface area contributed by atoms with Gasteiger partial charge >= 0.3 is 12.2 Å². The van der Waals surface area contributed by atoms with E-state index in [1.165, 1.54) is 38.2 Å². The predicted octanol–water partition coefficient (Wildman–Crippen LogP) is 6.27. The molecule has 1 aliphatic heterocycles. The number of nitriles is 1. The van der Waals surface area contributed by atoms with Gasteiger partial charge in [0.25, 0.3) is 0 Å². The van der Waals surface area contributed by atoms with Crippen molar-refractivity contribution in [2.24, 2.45) is 17.3 Å². The monoisotopic (exact) mass is 582 g/mol. The summed E-state index contributed by atoms with van der Waals surface area (Å²) >= 11 is 0. The number of likely N-dealkylation sites (tertiary alicyclic amines) is 1. The molecule has 0 aromatic carbocycles. The van der Waals surface area contributed by atoms with Crippen molar-refractivity contribution in [1.29, 1.82) is 5.26 Å². The molecule has 2 saturated carbocycles. The van der Waals surface area contributed by atoms with Crippen molar-refractivity contribution in [3.63, 3.8) is 0 Å². The topological polar surface area (TPSA) is 139 Å². The second kappa shape index (κ2) is 14.1. The molecule has 1 spiro atoms. The number of nitrogens with zero attached hydrogens (tertiary/aromatic N) is 4. The van der Waals surface area contributed by atoms with Gasteiger partial charge in [-0.1, -0.05) is 19.1 Å². The van der Waals surface area contributed by atoms with Gasteiger partial charge < -0.3 is 24.4 Å². The van der Waals surface area contributed by atoms with E-state index in [0.717, 1.165) is 32.1 Å². The third-order valence-corrected chi connectivity index (χ3v) is 8.70. The van der Waals surface area contributed by atoms with Gasteiger partial charge in [0.2, 0.25) is 11.7 Å². The average molecular weight is 583 g/mol. The smallest absolute Gasteiger partial charge is 0.412 e. The summed E-state index contributed by atoms with van der Waals surface area (Å²) in [5, 5.41) is 15.7. The lowest BCUT2D eigenvalue weighted by Crippen LogP contribution is -2.41. The maximum absolute atomic E-state index is 12.5. The molecule has 0 radical (unpaired) electrons. The highest BCUT2D eigenvalue weighted by atomic mass is 16.6. The van der Waals surface area contributed by atoms with E-state index in [0.29, 0.717) is 49.3 Å². The highest BCUT2D eigenvalue weighted by Gasteiger charge is 2.40. The fourth-order valence-electron chi connectivity index (χ4n) is 6.07. The molecule has 1 aromatic rings. The summed E-state index contributed by atoms with van der Waals surface area (Å²) in [5.74, 6) is 1.29. The third-order valence-electron chi connectivity index (χ3n) is 8.70. The van der Waals surface area contributed by atoms with E-state index in [-0.39, 0.29) is 30.1 Å². The quantitative estimate of drug-likeness (QED) is 0.306. The molecule has 11 heteroatoms. The van der Waals surface area contributed by atoms with Gasteiger partial charge in [-0.25, -0.2) is 9.59 Å². The lowest BCUT2D eigenvalue weighted by atomic mass is 9.59. The van der Waals surface area contributed by atoms with Crippen molar-refractivity contribution < 1.29 is 23.8 Å². The first-order chi connectivity index (χ1) is 20.1. The largest absolute Gasteiger partial charge is 0.476 e. The molecule has 3 fully saturated rings. The molecule has 2 amide bonds. The molecular formula is C31H46N6O5. The van der Waals surface area contributed by atoms with E-state index < -0.39 is 11.7 Å². The van der Waals surface area contributed by atoms with Crippen molar-refractivity contribution in [2.75, 3.05) is 43.5 Å². The Morgan fingerprint density at radius 2 is 1.83 bits per heavy atom. The zero-order valence-corrected chi connectivity index (χ0v) is 25.4. The first-order valence-corrected chi connectivity index (χ1v) is 15.3. The normalized spacial score (nSPS) is 18.9. The Kier molecular flexibility index (Phi) is 10.5. The number of hydrogen-bond donors (Lipinski definition) is 2. The van der Waals surface area contributed by atoms with Crippen LogP contribution in [0.1, 0.15) is 90.8 Å². The minimum Gasteiger partial charge on any atom is -0.476 e. The summed E-state index contributed by atoms with van der Waals surface area (Å²) in [6, 6.07) is 2.01. The van der Waals surface area contributed by atoms with Crippen molar-refractivity contribution in [3.05, 3.63) is 18.5 Å². The lowest BCUT2D eigenvalue weighted by molar-refractivity contribution is 0.0177. The summed E-state index contributed by atoms with van der Waals surface area (Å²) in [5.41, 5.74) is 0.317. The molecule has 0 bridgehead atoms. The molecule has 1 aromatic heterocycles. The average Bonchev–Trinajstić information content (AvgIpc) is 2.94. The molecule has 2 N–H and O–H groups in total. The lowest BCUT2D eigenvalue weighted by Gasteiger charge is -2.47. The first kappa shape index (κ1) is 31.4. The van der Waals surface area contributed by atoms with Crippen LogP contribution in [0.25, 0.3) is 0 Å². The number of carbonyl (C=O) groups is 2. The number of anilines is 2. The number of piperidine rings is 1. The number of nitrogens with one attached hydrogen (secondary N) is 2. The SMILES string of the molecule is C=CCOC(=O)Nc1c(NCC2CCC3(CCC3)CC2)nc(C#N)nc1OCCC1CCN(C(=O)OC(C)(C)C)CC1. The van der Waals surface area contributed by atoms with Crippen molar-refractivity contribution in [1.82, 2.24) is 14.9 Å². The molecule has 2 heterocycles. The van der Waals surface area contributed by atoms with Crippen LogP contribution >= 0.6 is 0 Å². The zero-order valence-electron chi connectivity index (χ0n) is 25.4. The zero-order chi connectivity index (χ0) is 30.2. The van der Waals surface area contributed by atoms with E-state index in [4.69, 9.17) is 14.2 Å². The van der Waals surface area contributed by atoms with Crippen LogP contribution in [0.2, 0.25) is 0 Å². The first-order valence-electron chi connectivity index (χ1n) is 15.3. The van der Waals surface area contributed by atoms with Gasteiger partial charge in [-0.15, -0.1) is 0 Å². The van der Waals surface area contributed by atoms with Gasteiger partial charge in [-0.2, -0.15) is 15.2 Å². The number of aromatic nitrogens is 2. The summed E-state index contributed by atoms with van der Waals surface area (Å²) in [4.78, 5) is 35.3. The molecule has 2 aliphatic carbocycles. The highest BCUT2D eigenvalue weighted by Crippen LogP contribution is 2.52. The fourth-order valence-corrected chi connectivity index (χ4v) is 6.07. The van der Waals surface area contributed by atoms with E-state index in [1.807, 2.05) is 26.8 Å². The van der Waals surface area contributed by atoms with Crippen molar-refractivity contribution in [3.8, 4) is 11.9 Å². The minimum absolute atomic E-state index is 0.0414. The van der Waals surface area contributed by atoms with Crippen LogP contribution < -0.4 is 15.4 Å². The van der Waals surface area contributed by atoms with E-state index >= 15 is 0 Å². The van der Waals surface area contributed by atoms with Crippen LogP contribution in [0.15, 0.2) is 12.7 Å². The molecule has 1 saturated heterocycles. The van der Waals surface area contributed by atoms with Crippen LogP contribution in [0, 0.1) is 28.6 Å². The van der Waals surface area contributed by atoms with Gasteiger partial charge in [0, 0.05) is 19.6 Å². The van der Waals surface area contributed by atoms with Crippen LogP contribution in [0.4, 0.5) is 21.1 Å². The molecule has 0 atom stereocenters. The summed E-state index contributed by atoms with van der Waals surface area (Å²) in [6.45, 7) is 11.5. The third kappa shape index (κ3) is 8.73. The fraction of sp³-hybridized carbons (Fsp3) is 0.710. The van der Waals surface area contributed by atoms with Crippen molar-refractivity contribution in [2.45, 2.75) is 90.6 Å². The summed E-state index contributed by atoms with van der Waals surface area (Å²) in [6.07, 6.45) is 11.8. The van der Waals surface area contributed by atoms with E-state index in [1.54, 1.807) is 4.90 Å². The maximum atomic E-state index is 12.5. The minimum atomic E-state index is -0.685. The Bertz CT molecular complexity index is 1140. The Morgan fingerprint density at radius 1 is 1.12 bits per heavy atom. The molecule has 230 valence electrons. The number of ether oxygens (including phenoxy) is 3. The number of hydrogen-bond acceptors (Lipinski definition) is 9. The standard InChI is InChI=1S/C31H46N6O5/c1-5-18-41-28(38)36-25-26(33-21-23-7-14-31(15-8-23)12-6-13-31)34-24(20-32)35-27(25)40-19-11-22-9-16-37(17-10-22)29(39)42-30(2,3)4/h5,22-23H,1,6-19,21H2,2-4H3,(H,36,38)(H,33,34,35). The summed E-state index contributed by atoms with van der Waals surface area (Å²) < 4.78 is 16.7. The Balaban J connectivity index is 1.37. The van der Waals surface area contributed by atoms with Crippen molar-refractivity contribution >= 4 is 23.7 Å². The second-order valence-corrected chi connectivity index (χ2v) is 12.9. The molecule has 11 nitrogen and oxygen atoms in total. The highest BCUT2D eigenvalue weighted by molar-refractivity contribution is 5.90. The number of carbonyl (C=O) groups excluding carboxylic acids is 2. The maximum Gasteiger partial charge on any atom is 0.412 e. The Morgan fingerprint density at radius 3 is 2.43 bits per heavy atom. The van der Waals surface area contributed by atoms with Gasteiger partial charge in [0.1, 0.15) is 24.0 Å². The molecule has 3 aliphatic rings. The second-order valence-electron chi connectivity index (χ2n) is 12.9. The van der Waals surface area contributed by atoms with Crippen LogP contribution in [-0.4, -0.2) is 65.5 Å². The van der Waals surface area contributed by atoms with Gasteiger partial charge in [0.05, 0.1) is 6.61 Å². The predicted molar refractivity (Wildman–Crippen MR) is 159 cm³/mol. The van der Waals surface area contributed by atoms with E-state index in [2.05, 4.69) is 27.2 Å². The van der Waals surface area contributed by atoms with Crippen LogP contribution in [0.3, 0.4) is 0 Å². The molecule has 0 unspecified atom stereocenters. The number of amides is 2. The van der Waals surface area contributed by atoms with Gasteiger partial charge in [0.15, 0.2) is 5.82 Å². The van der Waals surface area contributed by atoms with Gasteiger partial charge in [-0.3, -0.25) is 5.32 Å². The molecule has 4 rings (SSSR count). The molecular weight excluding hydrogens is 536 g/mol. The van der Waals surface area contributed by atoms with Crippen LogP contribution in [0.5, 0.6) is 5.88 Å². The summed E-state index contributed by atoms with van der Waals surface area (Å²) in [7, 11) is 0.